The fourth-order valence-corrected chi connectivity index (χ4v) is 5.47. The Morgan fingerprint density at radius 2 is 1.79 bits per heavy atom. The third-order valence-electron chi connectivity index (χ3n) is 7.38. The van der Waals surface area contributed by atoms with E-state index in [1.807, 2.05) is 20.8 Å². The van der Waals surface area contributed by atoms with Crippen LogP contribution >= 0.6 is 0 Å². The number of ketones is 3. The maximum Gasteiger partial charge on any atom is 0.231 e. The first kappa shape index (κ1) is 27.5. The second-order valence-electron chi connectivity index (χ2n) is 11.6. The summed E-state index contributed by atoms with van der Waals surface area (Å²) in [4.78, 5) is 53.3. The van der Waals surface area contributed by atoms with Crippen molar-refractivity contribution in [1.82, 2.24) is 5.32 Å². The number of hydrogen-bond donors (Lipinski definition) is 6. The predicted octanol–water partition coefficient (Wildman–Crippen LogP) is 0.153. The maximum atomic E-state index is 13.6. The molecule has 1 fully saturated rings. The van der Waals surface area contributed by atoms with E-state index in [0.29, 0.717) is 23.2 Å². The second-order valence-corrected chi connectivity index (χ2v) is 11.6. The number of carbonyl (C=O) groups excluding carboxylic acids is 4. The molecule has 1 amide bonds. The first-order chi connectivity index (χ1) is 17.5. The van der Waals surface area contributed by atoms with E-state index < -0.39 is 58.1 Å². The Hall–Kier alpha value is -3.54. The number of nitrogens with two attached hydrogens (primary N) is 1. The average Bonchev–Trinajstić information content (AvgIpc) is 2.79. The van der Waals surface area contributed by atoms with Gasteiger partial charge in [0.05, 0.1) is 16.9 Å². The number of nitrogens with one attached hydrogen (secondary N) is 1. The van der Waals surface area contributed by atoms with Crippen molar-refractivity contribution in [3.05, 3.63) is 28.8 Å². The molecule has 38 heavy (non-hydrogen) atoms. The Bertz CT molecular complexity index is 1390. The number of phenols is 2. The molecule has 4 rings (SSSR count). The van der Waals surface area contributed by atoms with E-state index in [1.54, 1.807) is 25.1 Å². The molecule has 2 aliphatic rings. The summed E-state index contributed by atoms with van der Waals surface area (Å²) < 4.78 is 0. The summed E-state index contributed by atoms with van der Waals surface area (Å²) in [5.74, 6) is -9.83. The molecular formula is C27H33N3O8. The van der Waals surface area contributed by atoms with Crippen LogP contribution in [0.3, 0.4) is 0 Å². The Kier molecular flexibility index (Phi) is 6.54. The molecule has 0 heterocycles. The minimum atomic E-state index is -3.00. The van der Waals surface area contributed by atoms with E-state index in [9.17, 15) is 39.6 Å². The second kappa shape index (κ2) is 9.04. The van der Waals surface area contributed by atoms with E-state index in [-0.39, 0.29) is 35.1 Å². The standard InChI is InChI=1S/C27H33N3O8/c1-26(2,3)10-29-9-12-8-15(30(4)5)13-6-11-7-14-20(32)22(34)18(25(28)37)24(36)27(14,38)23(35)16(11)21(33)17(13)19(12)31/h6,8,14,18,22,29,31,33-34,38H,7,9-10H2,1-5H3,(H2,28,37)/t14-,18?,22?,27-/m0/s1. The largest absolute Gasteiger partial charge is 0.507 e. The molecule has 0 spiro atoms. The van der Waals surface area contributed by atoms with Crippen LogP contribution in [0.2, 0.25) is 0 Å². The number of benzene rings is 2. The van der Waals surface area contributed by atoms with Crippen LogP contribution in [0.1, 0.15) is 42.3 Å². The number of nitrogens with zero attached hydrogens (tertiary/aromatic N) is 1. The molecule has 0 radical (unpaired) electrons. The van der Waals surface area contributed by atoms with E-state index in [0.717, 1.165) is 0 Å². The van der Waals surface area contributed by atoms with Crippen LogP contribution in [0.5, 0.6) is 11.5 Å². The molecule has 0 bridgehead atoms. The number of carbonyl (C=O) groups is 4. The minimum absolute atomic E-state index is 0.0310. The molecule has 7 N–H and O–H groups in total. The van der Waals surface area contributed by atoms with Crippen LogP contribution in [-0.2, 0) is 27.3 Å². The molecule has 2 aliphatic carbocycles. The van der Waals surface area contributed by atoms with Crippen molar-refractivity contribution in [3.63, 3.8) is 0 Å². The molecule has 11 heteroatoms. The summed E-state index contributed by atoms with van der Waals surface area (Å²) in [6.07, 6.45) is -2.46. The van der Waals surface area contributed by atoms with Crippen molar-refractivity contribution >= 4 is 39.7 Å². The lowest BCUT2D eigenvalue weighted by Crippen LogP contribution is -2.69. The molecule has 2 unspecified atom stereocenters. The normalized spacial score (nSPS) is 25.3. The summed E-state index contributed by atoms with van der Waals surface area (Å²) >= 11 is 0. The van der Waals surface area contributed by atoms with Gasteiger partial charge in [-0.3, -0.25) is 19.2 Å². The SMILES string of the molecule is CN(C)c1cc(CNCC(C)(C)C)c(O)c2c(O)c3c(cc12)C[C@H]1C(=O)C(O)C(C(N)=O)C(=O)[C@@]1(O)C3=O. The molecule has 0 aromatic heterocycles. The van der Waals surface area contributed by atoms with E-state index in [4.69, 9.17) is 5.73 Å². The molecule has 0 aliphatic heterocycles. The molecule has 0 saturated heterocycles. The van der Waals surface area contributed by atoms with E-state index in [2.05, 4.69) is 5.32 Å². The lowest BCUT2D eigenvalue weighted by Gasteiger charge is -2.44. The van der Waals surface area contributed by atoms with Crippen LogP contribution in [-0.4, -0.2) is 76.0 Å². The van der Waals surface area contributed by atoms with Gasteiger partial charge in [-0.05, 0) is 29.5 Å². The smallest absolute Gasteiger partial charge is 0.231 e. The predicted molar refractivity (Wildman–Crippen MR) is 138 cm³/mol. The van der Waals surface area contributed by atoms with Crippen LogP contribution in [0.25, 0.3) is 10.8 Å². The number of amides is 1. The number of rotatable bonds is 5. The highest BCUT2D eigenvalue weighted by atomic mass is 16.3. The van der Waals surface area contributed by atoms with Gasteiger partial charge >= 0.3 is 0 Å². The fourth-order valence-electron chi connectivity index (χ4n) is 5.47. The van der Waals surface area contributed by atoms with Gasteiger partial charge in [-0.25, -0.2) is 0 Å². The first-order valence-corrected chi connectivity index (χ1v) is 12.3. The summed E-state index contributed by atoms with van der Waals surface area (Å²) in [5.41, 5.74) is 2.94. The number of phenolic OH excluding ortho intramolecular Hbond substituents is 2. The Morgan fingerprint density at radius 1 is 1.16 bits per heavy atom. The number of aliphatic hydroxyl groups excluding tert-OH is 1. The highest BCUT2D eigenvalue weighted by molar-refractivity contribution is 6.30. The van der Waals surface area contributed by atoms with Gasteiger partial charge < -0.3 is 36.4 Å². The van der Waals surface area contributed by atoms with Crippen molar-refractivity contribution < 1.29 is 39.6 Å². The summed E-state index contributed by atoms with van der Waals surface area (Å²) in [6, 6.07) is 3.27. The third-order valence-corrected chi connectivity index (χ3v) is 7.38. The quantitative estimate of drug-likeness (QED) is 0.292. The van der Waals surface area contributed by atoms with E-state index in [1.165, 1.54) is 6.07 Å². The minimum Gasteiger partial charge on any atom is -0.507 e. The Morgan fingerprint density at radius 3 is 2.34 bits per heavy atom. The number of fused-ring (bicyclic) bond motifs is 3. The van der Waals surface area contributed by atoms with Gasteiger partial charge in [0.2, 0.25) is 11.7 Å². The third kappa shape index (κ3) is 4.01. The lowest BCUT2D eigenvalue weighted by atomic mass is 9.59. The average molecular weight is 528 g/mol. The highest BCUT2D eigenvalue weighted by Crippen LogP contribution is 2.49. The van der Waals surface area contributed by atoms with Gasteiger partial charge in [0, 0.05) is 43.8 Å². The van der Waals surface area contributed by atoms with Gasteiger partial charge in [0.1, 0.15) is 23.5 Å². The zero-order valence-corrected chi connectivity index (χ0v) is 22.0. The zero-order chi connectivity index (χ0) is 28.5. The number of Topliss-reactive ketones (excluding diaryl/α,β-unsaturated/α-hetero) is 3. The molecule has 11 nitrogen and oxygen atoms in total. The first-order valence-electron chi connectivity index (χ1n) is 12.3. The van der Waals surface area contributed by atoms with Crippen molar-refractivity contribution in [3.8, 4) is 11.5 Å². The molecular weight excluding hydrogens is 494 g/mol. The lowest BCUT2D eigenvalue weighted by molar-refractivity contribution is -0.168. The van der Waals surface area contributed by atoms with Crippen LogP contribution < -0.4 is 16.0 Å². The van der Waals surface area contributed by atoms with Gasteiger partial charge in [0.15, 0.2) is 17.2 Å². The number of primary amides is 1. The number of aromatic hydroxyl groups is 2. The number of aliphatic hydroxyl groups is 2. The maximum absolute atomic E-state index is 13.6. The highest BCUT2D eigenvalue weighted by Gasteiger charge is 2.65. The van der Waals surface area contributed by atoms with Crippen molar-refractivity contribution in [2.24, 2.45) is 23.0 Å². The number of anilines is 1. The van der Waals surface area contributed by atoms with Crippen molar-refractivity contribution in [2.45, 2.75) is 45.4 Å². The zero-order valence-electron chi connectivity index (χ0n) is 22.0. The van der Waals surface area contributed by atoms with Crippen molar-refractivity contribution in [1.29, 1.82) is 0 Å². The van der Waals surface area contributed by atoms with Gasteiger partial charge in [-0.2, -0.15) is 0 Å². The number of hydrogen-bond acceptors (Lipinski definition) is 10. The molecule has 204 valence electrons. The van der Waals surface area contributed by atoms with Crippen LogP contribution in [0.4, 0.5) is 5.69 Å². The summed E-state index contributed by atoms with van der Waals surface area (Å²) in [7, 11) is 3.53. The Balaban J connectivity index is 1.94. The monoisotopic (exact) mass is 527 g/mol. The Labute approximate surface area is 219 Å². The summed E-state index contributed by atoms with van der Waals surface area (Å²) in [5, 5.41) is 47.7. The molecule has 2 aromatic carbocycles. The van der Waals surface area contributed by atoms with Gasteiger partial charge in [-0.1, -0.05) is 20.8 Å². The van der Waals surface area contributed by atoms with Crippen LogP contribution in [0.15, 0.2) is 12.1 Å². The summed E-state index contributed by atoms with van der Waals surface area (Å²) in [6.45, 7) is 7.03. The van der Waals surface area contributed by atoms with Crippen molar-refractivity contribution in [2.75, 3.05) is 25.5 Å². The molecule has 4 atom stereocenters. The van der Waals surface area contributed by atoms with Gasteiger partial charge in [0.25, 0.3) is 0 Å². The van der Waals surface area contributed by atoms with Crippen LogP contribution in [0, 0.1) is 17.3 Å². The fraction of sp³-hybridized carbons (Fsp3) is 0.481. The van der Waals surface area contributed by atoms with E-state index >= 15 is 0 Å². The topological polar surface area (TPSA) is 190 Å². The molecule has 1 saturated carbocycles. The molecule has 2 aromatic rings. The van der Waals surface area contributed by atoms with Gasteiger partial charge in [-0.15, -0.1) is 0 Å².